The van der Waals surface area contributed by atoms with Crippen LogP contribution in [0.25, 0.3) is 0 Å². The summed E-state index contributed by atoms with van der Waals surface area (Å²) in [6.45, 7) is 17.9. The van der Waals surface area contributed by atoms with Gasteiger partial charge in [-0.3, -0.25) is 60.2 Å². The number of fused-ring (bicyclic) bond motifs is 10. The zero-order valence-electron chi connectivity index (χ0n) is 80.7. The first-order chi connectivity index (χ1) is 65.7. The number of esters is 2. The van der Waals surface area contributed by atoms with E-state index < -0.39 is 146 Å². The number of epoxide rings is 2. The van der Waals surface area contributed by atoms with E-state index in [4.69, 9.17) is 76.7 Å². The number of aliphatic hydroxyl groups is 2. The molecule has 4 N–H and O–H groups in total. The number of ether oxygens (including phenoxy) is 11. The second-order valence-electron chi connectivity index (χ2n) is 33.9. The topological polar surface area (TPSA) is 493 Å². The average molecular weight is 2080 g/mol. The van der Waals surface area contributed by atoms with Gasteiger partial charge in [-0.15, -0.1) is 0 Å². The Kier molecular flexibility index (Phi) is 42.9. The summed E-state index contributed by atoms with van der Waals surface area (Å²) in [5.74, 6) is -2.78. The first kappa shape index (κ1) is 114. The van der Waals surface area contributed by atoms with Gasteiger partial charge >= 0.3 is 24.1 Å². The third kappa shape index (κ3) is 30.8. The lowest BCUT2D eigenvalue weighted by Gasteiger charge is -2.42. The quantitative estimate of drug-likeness (QED) is 0.00592. The van der Waals surface area contributed by atoms with Crippen LogP contribution in [0.3, 0.4) is 0 Å². The number of nitrogens with one attached hydrogen (secondary N) is 2. The molecule has 0 saturated carbocycles. The molecule has 5 aromatic rings. The monoisotopic (exact) mass is 2070 g/mol. The molecule has 0 radical (unpaired) electrons. The second-order valence-corrected chi connectivity index (χ2v) is 39.7. The van der Waals surface area contributed by atoms with E-state index in [1.165, 1.54) is 175 Å². The van der Waals surface area contributed by atoms with Crippen molar-refractivity contribution in [1.82, 2.24) is 40.3 Å². The van der Waals surface area contributed by atoms with Crippen LogP contribution in [0.2, 0.25) is 10.0 Å². The van der Waals surface area contributed by atoms with Crippen molar-refractivity contribution in [1.29, 1.82) is 0 Å². The number of thiol groups is 1. The predicted molar refractivity (Wildman–Crippen MR) is 529 cm³/mol. The van der Waals surface area contributed by atoms with Crippen LogP contribution in [-0.4, -0.2) is 287 Å². The summed E-state index contributed by atoms with van der Waals surface area (Å²) in [5.41, 5.74) is -2.26. The van der Waals surface area contributed by atoms with Crippen LogP contribution in [0.15, 0.2) is 142 Å². The standard InChI is InChI=1S/C40H50ClN5O12S2.C35H48ClN3O10S.C10H6N4O4S2.C5H11NO.2CH4/c1-22-10-9-11-30(55-8)40(51)20-29(56-38(50)43-40)23(2)36-39(4,58-36)31(19-34(48)45(6)27-17-25(16-22)18-28(54-7)35(27)41)57-37(49)24(3)44(5)33(47)14-15-59-60-32-13-12-26(21-42-32)46(52)53;1-19-10-9-11-26(46-8)35(44)18-25(47-33(43)37-35)20(2)31-34(4,49-31)27(48-32(42)21(3)38(5)28(40)12-13-50)17-29(41)39(6)23-15-22(14-19)16-24(45-7)30(23)36;15-13(16)7-1-3-9(11-5-7)19-20-10-4-2-8(6-12-10)14(17)18;1-6-2-4-7-5-3-6;;/h9-13,17-18,21,23-24,29-31,36,51H,14-16,19-20H2,1-8H3,(H,43,50);9-11,15-16,20-21,25-27,31,44,50H,12-14,17-18H2,1-8H3,(H,37,43);1-6H;2-5H2,1H3;2*1H4/b11-9+,22-10+;11-9+,19-10+;;;;/t23-,24+,29+,30-,31+,36+,39+,40+;20-,21+,25+,26-,27+,31+,34+,35+;;;;/m11..../s1/i;;;;1D;. The van der Waals surface area contributed by atoms with Crippen molar-refractivity contribution in [2.45, 2.75) is 220 Å². The number of benzene rings is 2. The van der Waals surface area contributed by atoms with E-state index in [1.807, 2.05) is 26.0 Å². The summed E-state index contributed by atoms with van der Waals surface area (Å²) >= 11 is 17.6. The molecule has 8 bridgehead atoms. The molecule has 5 fully saturated rings. The number of aromatic nitrogens is 3. The lowest BCUT2D eigenvalue weighted by molar-refractivity contribution is -0.385. The fourth-order valence-electron chi connectivity index (χ4n) is 15.4. The smallest absolute Gasteiger partial charge is 0.409 e. The number of carbonyl (C=O) groups is 8. The van der Waals surface area contributed by atoms with E-state index >= 15 is 0 Å². The van der Waals surface area contributed by atoms with Gasteiger partial charge in [0.2, 0.25) is 23.6 Å². The number of anilines is 2. The van der Waals surface area contributed by atoms with E-state index in [1.54, 1.807) is 90.4 Å². The molecule has 762 valence electrons. The van der Waals surface area contributed by atoms with Gasteiger partial charge in [-0.2, -0.15) is 12.6 Å². The van der Waals surface area contributed by atoms with Crippen molar-refractivity contribution < 1.29 is 117 Å². The highest BCUT2D eigenvalue weighted by Gasteiger charge is 2.66. The Bertz CT molecular complexity index is 5240. The average Bonchev–Trinajstić information content (AvgIpc) is 1.57. The van der Waals surface area contributed by atoms with Gasteiger partial charge in [0.05, 0.1) is 78.6 Å². The molecule has 7 aliphatic heterocycles. The number of likely N-dealkylation sites (N-methyl/N-ethyl adjacent to an activating group) is 3. The molecule has 139 heavy (non-hydrogen) atoms. The number of hydrogen-bond donors (Lipinski definition) is 5. The number of rotatable bonds is 23. The van der Waals surface area contributed by atoms with E-state index in [-0.39, 0.29) is 84.9 Å². The highest BCUT2D eigenvalue weighted by atomic mass is 35.5. The maximum absolute atomic E-state index is 14.2. The molecule has 12 rings (SSSR count). The van der Waals surface area contributed by atoms with Crippen LogP contribution >= 0.6 is 79.0 Å². The minimum Gasteiger partial charge on any atom is -0.495 e. The largest absolute Gasteiger partial charge is 0.495 e. The molecule has 3 aromatic heterocycles. The number of hydrogen-bond acceptors (Lipinski definition) is 36. The Morgan fingerprint density at radius 1 is 0.619 bits per heavy atom. The zero-order valence-corrected chi connectivity index (χ0v) is 85.3. The number of pyridine rings is 3. The molecule has 6 amide bonds. The number of nitrogens with zero attached hydrogens (tertiary/aromatic N) is 11. The van der Waals surface area contributed by atoms with Gasteiger partial charge in [0, 0.05) is 118 Å². The summed E-state index contributed by atoms with van der Waals surface area (Å²) < 4.78 is 69.1. The molecular formula is C92H123Cl2N13O27S5. The maximum atomic E-state index is 14.2. The summed E-state index contributed by atoms with van der Waals surface area (Å²) in [7, 11) is 20.4. The predicted octanol–water partition coefficient (Wildman–Crippen LogP) is 13.8. The van der Waals surface area contributed by atoms with Gasteiger partial charge in [0.15, 0.2) is 11.4 Å². The van der Waals surface area contributed by atoms with Crippen molar-refractivity contribution in [3.05, 3.63) is 178 Å². The lowest BCUT2D eigenvalue weighted by Crippen LogP contribution is -2.63. The van der Waals surface area contributed by atoms with Gasteiger partial charge in [-0.1, -0.05) is 110 Å². The minimum absolute atomic E-state index is 0. The molecule has 47 heteroatoms. The SMILES string of the molecule is C.CN1CCOCC1.COc1cc2cc(c1Cl)N(C)C(=O)C[C@H](OC(=O)[C@H](C)N(C)C(=O)CCS)[C@]1(C)O[C@H]1[C@H](C)[C@@H]1C[C@@](O)(NC(=O)O1)[C@H](OC)/C=C/C=C(\C)C2.COc1cc2cc(c1Cl)N(C)C(=O)C[C@H](OC(=O)[C@H](C)N(C)C(=O)CCSSc1ccc([N+](=O)[O-])cn1)[C@]1(C)O[C@H]1[C@H](C)[C@@H]1C[C@@](O)(NC(=O)O1)[C@H](OC)/C=C/C=C(\C)C2.O=[N+]([O-])c1ccc(SSc2ccc([N+](=O)[O-])cn2)nc1.[2H]C. The van der Waals surface area contributed by atoms with E-state index in [0.29, 0.717) is 62.3 Å². The molecule has 0 spiro atoms. The van der Waals surface area contributed by atoms with Crippen LogP contribution in [0.5, 0.6) is 11.5 Å². The number of allylic oxidation sites excluding steroid dienone is 6. The molecule has 0 unspecified atom stereocenters. The molecule has 16 atom stereocenters. The van der Waals surface area contributed by atoms with Gasteiger partial charge in [0.1, 0.15) is 115 Å². The Labute approximate surface area is 840 Å². The zero-order chi connectivity index (χ0) is 103. The highest BCUT2D eigenvalue weighted by molar-refractivity contribution is 8.77. The fraction of sp³-hybridized carbons (Fsp3) is 0.533. The number of nitro groups is 3. The Balaban J connectivity index is 0.000000296. The van der Waals surface area contributed by atoms with E-state index in [2.05, 4.69) is 50.2 Å². The number of amides is 6. The van der Waals surface area contributed by atoms with Crippen molar-refractivity contribution in [3.8, 4) is 11.5 Å². The third-order valence-corrected chi connectivity index (χ3v) is 29.6. The summed E-state index contributed by atoms with van der Waals surface area (Å²) in [4.78, 5) is 157. The van der Waals surface area contributed by atoms with Gasteiger partial charge in [0.25, 0.3) is 17.1 Å². The molecular weight excluding hydrogens is 1950 g/mol. The van der Waals surface area contributed by atoms with Gasteiger partial charge in [-0.25, -0.2) is 34.1 Å². The number of morpholine rings is 1. The Hall–Kier alpha value is -9.98. The summed E-state index contributed by atoms with van der Waals surface area (Å²) in [6.07, 6.45) is 5.25. The molecule has 10 heterocycles. The lowest BCUT2D eigenvalue weighted by atomic mass is 9.83. The number of carbonyl (C=O) groups excluding carboxylic acids is 8. The summed E-state index contributed by atoms with van der Waals surface area (Å²) in [6, 6.07) is 13.7. The van der Waals surface area contributed by atoms with Crippen LogP contribution < -0.4 is 29.9 Å². The number of alkyl carbamates (subject to hydrolysis) is 2. The summed E-state index contributed by atoms with van der Waals surface area (Å²) in [5, 5.41) is 62.4. The molecule has 7 aliphatic rings. The Morgan fingerprint density at radius 2 is 0.986 bits per heavy atom. The van der Waals surface area contributed by atoms with Crippen molar-refractivity contribution in [2.75, 3.05) is 111 Å². The first-order valence-electron chi connectivity index (χ1n) is 44.3. The molecule has 40 nitrogen and oxygen atoms in total. The third-order valence-electron chi connectivity index (χ3n) is 24.2. The maximum Gasteiger partial charge on any atom is 0.409 e. The van der Waals surface area contributed by atoms with Gasteiger partial charge in [-0.05, 0) is 153 Å². The molecule has 5 saturated heterocycles. The van der Waals surface area contributed by atoms with Crippen LogP contribution in [0, 0.1) is 42.2 Å². The van der Waals surface area contributed by atoms with Crippen LogP contribution in [0.1, 0.15) is 121 Å². The normalized spacial score (nSPS) is 26.9. The Morgan fingerprint density at radius 3 is 1.31 bits per heavy atom. The molecule has 2 aromatic carbocycles. The van der Waals surface area contributed by atoms with Crippen molar-refractivity contribution >= 4 is 155 Å². The number of methoxy groups -OCH3 is 4. The number of halogens is 2. The highest BCUT2D eigenvalue weighted by Crippen LogP contribution is 2.52. The molecule has 0 aliphatic carbocycles. The van der Waals surface area contributed by atoms with Crippen molar-refractivity contribution in [3.63, 3.8) is 0 Å². The van der Waals surface area contributed by atoms with Crippen molar-refractivity contribution in [2.24, 2.45) is 11.8 Å². The fourth-order valence-corrected chi connectivity index (χ4v) is 19.8. The second kappa shape index (κ2) is 52.1. The van der Waals surface area contributed by atoms with Gasteiger partial charge < -0.3 is 86.8 Å². The van der Waals surface area contributed by atoms with E-state index in [0.717, 1.165) is 54.8 Å². The van der Waals surface area contributed by atoms with Crippen LogP contribution in [0.4, 0.5) is 38.0 Å². The first-order valence-corrected chi connectivity index (χ1v) is 49.1. The van der Waals surface area contributed by atoms with Crippen LogP contribution in [-0.2, 0) is 84.2 Å². The minimum atomic E-state index is -1.86. The van der Waals surface area contributed by atoms with E-state index in [9.17, 15) is 78.9 Å².